The van der Waals surface area contributed by atoms with Crippen molar-refractivity contribution < 1.29 is 8.42 Å². The van der Waals surface area contributed by atoms with Crippen LogP contribution in [0.2, 0.25) is 0 Å². The third-order valence-electron chi connectivity index (χ3n) is 3.48. The van der Waals surface area contributed by atoms with E-state index in [1.807, 2.05) is 0 Å². The molecule has 80 valence electrons. The summed E-state index contributed by atoms with van der Waals surface area (Å²) in [6, 6.07) is 0.429. The van der Waals surface area contributed by atoms with Gasteiger partial charge in [-0.1, -0.05) is 13.0 Å². The normalized spacial score (nSPS) is 34.3. The van der Waals surface area contributed by atoms with E-state index in [4.69, 9.17) is 0 Å². The van der Waals surface area contributed by atoms with Crippen LogP contribution in [0.15, 0.2) is 11.5 Å². The van der Waals surface area contributed by atoms with Crippen molar-refractivity contribution in [3.05, 3.63) is 11.5 Å². The van der Waals surface area contributed by atoms with Crippen LogP contribution in [-0.2, 0) is 9.84 Å². The van der Waals surface area contributed by atoms with E-state index < -0.39 is 9.84 Å². The van der Waals surface area contributed by atoms with Crippen molar-refractivity contribution in [3.8, 4) is 0 Å². The van der Waals surface area contributed by atoms with E-state index >= 15 is 0 Å². The molecule has 0 saturated heterocycles. The van der Waals surface area contributed by atoms with Crippen LogP contribution in [0.1, 0.15) is 26.7 Å². The molecule has 4 heteroatoms. The van der Waals surface area contributed by atoms with Crippen LogP contribution in [0, 0.1) is 5.41 Å². The van der Waals surface area contributed by atoms with Crippen molar-refractivity contribution in [2.24, 2.45) is 5.41 Å². The number of nitrogens with one attached hydrogen (secondary N) is 1. The van der Waals surface area contributed by atoms with Crippen molar-refractivity contribution in [1.82, 2.24) is 5.32 Å². The maximum absolute atomic E-state index is 11.2. The Hall–Kier alpha value is -0.350. The van der Waals surface area contributed by atoms with Gasteiger partial charge in [0.2, 0.25) is 0 Å². The fourth-order valence-corrected chi connectivity index (χ4v) is 3.08. The minimum Gasteiger partial charge on any atom is -0.306 e. The first-order valence-electron chi connectivity index (χ1n) is 5.08. The molecule has 0 aromatic rings. The first kappa shape index (κ1) is 10.2. The lowest BCUT2D eigenvalue weighted by molar-refractivity contribution is 0.369. The molecular weight excluding hydrogens is 198 g/mol. The van der Waals surface area contributed by atoms with Crippen LogP contribution < -0.4 is 5.32 Å². The Balaban J connectivity index is 1.91. The van der Waals surface area contributed by atoms with E-state index in [0.29, 0.717) is 11.5 Å². The zero-order valence-electron chi connectivity index (χ0n) is 8.66. The summed E-state index contributed by atoms with van der Waals surface area (Å²) < 4.78 is 22.3. The first-order valence-corrected chi connectivity index (χ1v) is 6.80. The summed E-state index contributed by atoms with van der Waals surface area (Å²) in [5.74, 6) is 0.230. The molecule has 1 saturated carbocycles. The molecule has 0 bridgehead atoms. The quantitative estimate of drug-likeness (QED) is 0.766. The van der Waals surface area contributed by atoms with Gasteiger partial charge in [-0.05, 0) is 25.2 Å². The maximum atomic E-state index is 11.2. The van der Waals surface area contributed by atoms with Gasteiger partial charge in [0.25, 0.3) is 0 Å². The number of rotatable bonds is 3. The number of sulfone groups is 1. The van der Waals surface area contributed by atoms with Gasteiger partial charge in [-0.2, -0.15) is 0 Å². The summed E-state index contributed by atoms with van der Waals surface area (Å²) in [6.07, 6.45) is 4.27. The van der Waals surface area contributed by atoms with Crippen LogP contribution >= 0.6 is 0 Å². The highest BCUT2D eigenvalue weighted by molar-refractivity contribution is 7.94. The SMILES string of the molecule is CC(NC1C=CS(=O)(=O)C1)C1(C)CC1. The fourth-order valence-electron chi connectivity index (χ4n) is 1.83. The Morgan fingerprint density at radius 3 is 2.57 bits per heavy atom. The van der Waals surface area contributed by atoms with Crippen molar-refractivity contribution in [2.75, 3.05) is 5.75 Å². The van der Waals surface area contributed by atoms with Gasteiger partial charge in [0.15, 0.2) is 9.84 Å². The lowest BCUT2D eigenvalue weighted by Crippen LogP contribution is -2.41. The zero-order valence-corrected chi connectivity index (χ0v) is 9.47. The van der Waals surface area contributed by atoms with Crippen LogP contribution in [0.3, 0.4) is 0 Å². The van der Waals surface area contributed by atoms with Gasteiger partial charge in [-0.15, -0.1) is 0 Å². The van der Waals surface area contributed by atoms with Gasteiger partial charge in [0.05, 0.1) is 5.75 Å². The third kappa shape index (κ3) is 2.01. The molecule has 0 amide bonds. The van der Waals surface area contributed by atoms with Gasteiger partial charge in [0, 0.05) is 17.5 Å². The lowest BCUT2D eigenvalue weighted by Gasteiger charge is -2.23. The molecule has 0 aromatic carbocycles. The number of hydrogen-bond acceptors (Lipinski definition) is 3. The summed E-state index contributed by atoms with van der Waals surface area (Å²) in [5, 5.41) is 4.70. The van der Waals surface area contributed by atoms with Crippen molar-refractivity contribution >= 4 is 9.84 Å². The minimum absolute atomic E-state index is 0.0208. The maximum Gasteiger partial charge on any atom is 0.173 e. The van der Waals surface area contributed by atoms with Gasteiger partial charge < -0.3 is 5.32 Å². The van der Waals surface area contributed by atoms with Crippen molar-refractivity contribution in [3.63, 3.8) is 0 Å². The van der Waals surface area contributed by atoms with Crippen molar-refractivity contribution in [2.45, 2.75) is 38.8 Å². The summed E-state index contributed by atoms with van der Waals surface area (Å²) >= 11 is 0. The number of hydrogen-bond donors (Lipinski definition) is 1. The first-order chi connectivity index (χ1) is 6.41. The smallest absolute Gasteiger partial charge is 0.173 e. The van der Waals surface area contributed by atoms with E-state index in [1.165, 1.54) is 18.2 Å². The Bertz CT molecular complexity index is 354. The Morgan fingerprint density at radius 2 is 2.14 bits per heavy atom. The van der Waals surface area contributed by atoms with Gasteiger partial charge >= 0.3 is 0 Å². The molecule has 2 unspecified atom stereocenters. The average Bonchev–Trinajstić information content (AvgIpc) is 2.72. The second-order valence-corrected chi connectivity index (χ2v) is 6.74. The molecule has 1 N–H and O–H groups in total. The van der Waals surface area contributed by atoms with E-state index in [1.54, 1.807) is 6.08 Å². The predicted molar refractivity (Wildman–Crippen MR) is 56.7 cm³/mol. The molecule has 2 rings (SSSR count). The lowest BCUT2D eigenvalue weighted by atomic mass is 10.0. The van der Waals surface area contributed by atoms with E-state index in [9.17, 15) is 8.42 Å². The molecule has 0 aromatic heterocycles. The molecule has 1 heterocycles. The highest BCUT2D eigenvalue weighted by Gasteiger charge is 2.43. The minimum atomic E-state index is -2.91. The monoisotopic (exact) mass is 215 g/mol. The van der Waals surface area contributed by atoms with E-state index in [0.717, 1.165) is 0 Å². The summed E-state index contributed by atoms with van der Waals surface area (Å²) in [7, 11) is -2.91. The van der Waals surface area contributed by atoms with Gasteiger partial charge in [-0.3, -0.25) is 0 Å². The van der Waals surface area contributed by atoms with Crippen molar-refractivity contribution in [1.29, 1.82) is 0 Å². The molecule has 0 radical (unpaired) electrons. The van der Waals surface area contributed by atoms with Gasteiger partial charge in [0.1, 0.15) is 0 Å². The molecule has 1 aliphatic carbocycles. The predicted octanol–water partition coefficient (Wildman–Crippen LogP) is 1.08. The standard InChI is InChI=1S/C10H17NO2S/c1-8(10(2)4-5-10)11-9-3-6-14(12,13)7-9/h3,6,8-9,11H,4-5,7H2,1-2H3. The fraction of sp³-hybridized carbons (Fsp3) is 0.800. The molecule has 0 spiro atoms. The summed E-state index contributed by atoms with van der Waals surface area (Å²) in [6.45, 7) is 4.39. The highest BCUT2D eigenvalue weighted by atomic mass is 32.2. The second-order valence-electron chi connectivity index (χ2n) is 4.81. The molecule has 3 nitrogen and oxygen atoms in total. The third-order valence-corrected chi connectivity index (χ3v) is 4.87. The highest BCUT2D eigenvalue weighted by Crippen LogP contribution is 2.48. The Morgan fingerprint density at radius 1 is 1.50 bits per heavy atom. The average molecular weight is 215 g/mol. The topological polar surface area (TPSA) is 46.2 Å². The van der Waals surface area contributed by atoms with Crippen LogP contribution in [0.5, 0.6) is 0 Å². The Labute approximate surface area is 85.5 Å². The molecule has 1 aliphatic heterocycles. The summed E-state index contributed by atoms with van der Waals surface area (Å²) in [5.41, 5.74) is 0.403. The zero-order chi connectivity index (χ0) is 10.4. The second kappa shape index (κ2) is 3.07. The van der Waals surface area contributed by atoms with E-state index in [-0.39, 0.29) is 11.8 Å². The van der Waals surface area contributed by atoms with Gasteiger partial charge in [-0.25, -0.2) is 8.42 Å². The van der Waals surface area contributed by atoms with E-state index in [2.05, 4.69) is 19.2 Å². The van der Waals surface area contributed by atoms with Crippen LogP contribution in [0.4, 0.5) is 0 Å². The molecular formula is C10H17NO2S. The molecule has 1 fully saturated rings. The molecule has 14 heavy (non-hydrogen) atoms. The summed E-state index contributed by atoms with van der Waals surface area (Å²) in [4.78, 5) is 0. The molecule has 2 aliphatic rings. The molecule has 2 atom stereocenters. The largest absolute Gasteiger partial charge is 0.306 e. The Kier molecular flexibility index (Phi) is 2.23. The van der Waals surface area contributed by atoms with Crippen LogP contribution in [0.25, 0.3) is 0 Å². The van der Waals surface area contributed by atoms with Crippen LogP contribution in [-0.4, -0.2) is 26.3 Å².